The minimum Gasteiger partial charge on any atom is -0.288 e. The predicted molar refractivity (Wildman–Crippen MR) is 79.6 cm³/mol. The number of ketones is 1. The molecular formula is C11H4Br2Cl2OS. The summed E-state index contributed by atoms with van der Waals surface area (Å²) in [5, 5.41) is 2.75. The molecule has 0 amide bonds. The van der Waals surface area contributed by atoms with Crippen LogP contribution in [0.25, 0.3) is 0 Å². The molecule has 0 saturated heterocycles. The van der Waals surface area contributed by atoms with E-state index in [9.17, 15) is 4.79 Å². The molecule has 0 aliphatic carbocycles. The van der Waals surface area contributed by atoms with Gasteiger partial charge in [-0.15, -0.1) is 11.3 Å². The first kappa shape index (κ1) is 13.6. The van der Waals surface area contributed by atoms with Crippen molar-refractivity contribution in [1.82, 2.24) is 0 Å². The van der Waals surface area contributed by atoms with Crippen molar-refractivity contribution in [3.63, 3.8) is 0 Å². The molecule has 2 aromatic rings. The first-order valence-electron chi connectivity index (χ1n) is 4.42. The van der Waals surface area contributed by atoms with Crippen LogP contribution in [0, 0.1) is 0 Å². The Bertz CT molecular complexity index is 575. The molecular weight excluding hydrogens is 411 g/mol. The molecule has 2 rings (SSSR count). The summed E-state index contributed by atoms with van der Waals surface area (Å²) in [4.78, 5) is 12.8. The third-order valence-corrected chi connectivity index (χ3v) is 5.98. The van der Waals surface area contributed by atoms with Gasteiger partial charge in [-0.2, -0.15) is 0 Å². The van der Waals surface area contributed by atoms with Crippen LogP contribution < -0.4 is 0 Å². The van der Waals surface area contributed by atoms with Gasteiger partial charge in [-0.3, -0.25) is 4.79 Å². The van der Waals surface area contributed by atoms with Crippen LogP contribution in [0.2, 0.25) is 10.0 Å². The highest BCUT2D eigenvalue weighted by atomic mass is 79.9. The van der Waals surface area contributed by atoms with Crippen molar-refractivity contribution in [2.24, 2.45) is 0 Å². The molecule has 0 saturated carbocycles. The van der Waals surface area contributed by atoms with E-state index >= 15 is 0 Å². The summed E-state index contributed by atoms with van der Waals surface area (Å²) < 4.78 is 1.61. The molecule has 1 aromatic carbocycles. The van der Waals surface area contributed by atoms with Gasteiger partial charge in [-0.05, 0) is 50.1 Å². The molecule has 88 valence electrons. The van der Waals surface area contributed by atoms with E-state index in [-0.39, 0.29) is 5.78 Å². The van der Waals surface area contributed by atoms with Gasteiger partial charge in [-0.1, -0.05) is 23.2 Å². The third-order valence-electron chi connectivity index (χ3n) is 2.02. The van der Waals surface area contributed by atoms with Gasteiger partial charge in [0.05, 0.1) is 9.35 Å². The van der Waals surface area contributed by atoms with Gasteiger partial charge in [0, 0.05) is 25.5 Å². The normalized spacial score (nSPS) is 10.6. The van der Waals surface area contributed by atoms with Gasteiger partial charge in [0.15, 0.2) is 0 Å². The van der Waals surface area contributed by atoms with Crippen LogP contribution in [0.5, 0.6) is 0 Å². The summed E-state index contributed by atoms with van der Waals surface area (Å²) >= 11 is 19.8. The SMILES string of the molecule is O=C(c1cc(Cl)cc(Cl)c1)c1scc(Br)c1Br. The summed E-state index contributed by atoms with van der Waals surface area (Å²) in [5.74, 6) is -0.100. The monoisotopic (exact) mass is 412 g/mol. The van der Waals surface area contributed by atoms with Gasteiger partial charge in [-0.25, -0.2) is 0 Å². The molecule has 6 heteroatoms. The fourth-order valence-corrected chi connectivity index (χ4v) is 3.93. The van der Waals surface area contributed by atoms with Gasteiger partial charge >= 0.3 is 0 Å². The standard InChI is InChI=1S/C11H4Br2Cl2OS/c12-8-4-17-11(9(8)13)10(16)5-1-6(14)3-7(15)2-5/h1-4H. The van der Waals surface area contributed by atoms with Crippen LogP contribution in [0.15, 0.2) is 32.5 Å². The maximum atomic E-state index is 12.2. The number of hydrogen-bond donors (Lipinski definition) is 0. The molecule has 0 fully saturated rings. The Morgan fingerprint density at radius 3 is 2.18 bits per heavy atom. The first-order chi connectivity index (χ1) is 7.99. The number of halogens is 4. The smallest absolute Gasteiger partial charge is 0.204 e. The Morgan fingerprint density at radius 1 is 1.12 bits per heavy atom. The Kier molecular flexibility index (Phi) is 4.31. The zero-order valence-electron chi connectivity index (χ0n) is 8.14. The molecule has 1 heterocycles. The van der Waals surface area contributed by atoms with Crippen molar-refractivity contribution in [2.75, 3.05) is 0 Å². The van der Waals surface area contributed by atoms with E-state index in [0.717, 1.165) is 8.95 Å². The average molecular weight is 415 g/mol. The number of carbonyl (C=O) groups is 1. The van der Waals surface area contributed by atoms with E-state index in [2.05, 4.69) is 31.9 Å². The zero-order valence-corrected chi connectivity index (χ0v) is 13.6. The average Bonchev–Trinajstić information content (AvgIpc) is 2.57. The van der Waals surface area contributed by atoms with Crippen LogP contribution in [-0.2, 0) is 0 Å². The van der Waals surface area contributed by atoms with Crippen molar-refractivity contribution in [1.29, 1.82) is 0 Å². The quantitative estimate of drug-likeness (QED) is 0.566. The van der Waals surface area contributed by atoms with Crippen LogP contribution in [0.4, 0.5) is 0 Å². The van der Waals surface area contributed by atoms with Gasteiger partial charge in [0.25, 0.3) is 0 Å². The lowest BCUT2D eigenvalue weighted by Gasteiger charge is -2.01. The third kappa shape index (κ3) is 2.93. The van der Waals surface area contributed by atoms with E-state index in [0.29, 0.717) is 20.5 Å². The van der Waals surface area contributed by atoms with E-state index in [1.54, 1.807) is 18.2 Å². The summed E-state index contributed by atoms with van der Waals surface area (Å²) in [6, 6.07) is 4.81. The minimum atomic E-state index is -0.100. The highest BCUT2D eigenvalue weighted by molar-refractivity contribution is 9.13. The highest BCUT2D eigenvalue weighted by Gasteiger charge is 2.17. The molecule has 17 heavy (non-hydrogen) atoms. The maximum absolute atomic E-state index is 12.2. The summed E-state index contributed by atoms with van der Waals surface area (Å²) in [7, 11) is 0. The van der Waals surface area contributed by atoms with E-state index in [1.165, 1.54) is 11.3 Å². The van der Waals surface area contributed by atoms with Crippen molar-refractivity contribution >= 4 is 72.2 Å². The Morgan fingerprint density at radius 2 is 1.71 bits per heavy atom. The predicted octanol–water partition coefficient (Wildman–Crippen LogP) is 5.81. The summed E-state index contributed by atoms with van der Waals surface area (Å²) in [6.45, 7) is 0. The van der Waals surface area contributed by atoms with Crippen molar-refractivity contribution in [3.8, 4) is 0 Å². The second kappa shape index (κ2) is 5.41. The largest absolute Gasteiger partial charge is 0.288 e. The number of benzene rings is 1. The lowest BCUT2D eigenvalue weighted by Crippen LogP contribution is -1.99. The molecule has 1 aromatic heterocycles. The number of carbonyl (C=O) groups excluding carboxylic acids is 1. The first-order valence-corrected chi connectivity index (χ1v) is 7.64. The van der Waals surface area contributed by atoms with Gasteiger partial charge < -0.3 is 0 Å². The van der Waals surface area contributed by atoms with E-state index < -0.39 is 0 Å². The minimum absolute atomic E-state index is 0.100. The molecule has 0 N–H and O–H groups in total. The van der Waals surface area contributed by atoms with Crippen LogP contribution >= 0.6 is 66.4 Å². The Hall–Kier alpha value is 0.130. The molecule has 0 bridgehead atoms. The van der Waals surface area contributed by atoms with E-state index in [1.807, 2.05) is 5.38 Å². The molecule has 0 unspecified atom stereocenters. The maximum Gasteiger partial charge on any atom is 0.204 e. The van der Waals surface area contributed by atoms with E-state index in [4.69, 9.17) is 23.2 Å². The molecule has 0 aliphatic heterocycles. The number of thiophene rings is 1. The number of hydrogen-bond acceptors (Lipinski definition) is 2. The van der Waals surface area contributed by atoms with Crippen LogP contribution in [0.1, 0.15) is 15.2 Å². The second-order valence-corrected chi connectivity index (χ2v) is 6.61. The summed E-state index contributed by atoms with van der Waals surface area (Å²) in [6.07, 6.45) is 0. The molecule has 0 aliphatic rings. The molecule has 0 atom stereocenters. The topological polar surface area (TPSA) is 17.1 Å². The molecule has 0 spiro atoms. The van der Waals surface area contributed by atoms with Crippen molar-refractivity contribution < 1.29 is 4.79 Å². The van der Waals surface area contributed by atoms with Crippen molar-refractivity contribution in [3.05, 3.63) is 53.0 Å². The van der Waals surface area contributed by atoms with Crippen LogP contribution in [0.3, 0.4) is 0 Å². The fourth-order valence-electron chi connectivity index (χ4n) is 1.29. The van der Waals surface area contributed by atoms with Gasteiger partial charge in [0.1, 0.15) is 0 Å². The number of rotatable bonds is 2. The fraction of sp³-hybridized carbons (Fsp3) is 0. The van der Waals surface area contributed by atoms with Crippen molar-refractivity contribution in [2.45, 2.75) is 0 Å². The lowest BCUT2D eigenvalue weighted by atomic mass is 10.1. The molecule has 0 radical (unpaired) electrons. The Balaban J connectivity index is 2.47. The Labute approximate surface area is 129 Å². The van der Waals surface area contributed by atoms with Crippen LogP contribution in [-0.4, -0.2) is 5.78 Å². The lowest BCUT2D eigenvalue weighted by molar-refractivity contribution is 0.104. The highest BCUT2D eigenvalue weighted by Crippen LogP contribution is 2.34. The summed E-state index contributed by atoms with van der Waals surface area (Å²) in [5.41, 5.74) is 0.484. The van der Waals surface area contributed by atoms with Gasteiger partial charge in [0.2, 0.25) is 5.78 Å². The molecule has 1 nitrogen and oxygen atoms in total. The zero-order chi connectivity index (χ0) is 12.6. The second-order valence-electron chi connectivity index (χ2n) is 3.21.